The molecule has 1 aliphatic rings. The second-order valence-electron chi connectivity index (χ2n) is 5.42. The van der Waals surface area contributed by atoms with E-state index in [-0.39, 0.29) is 0 Å². The van der Waals surface area contributed by atoms with Gasteiger partial charge < -0.3 is 20.1 Å². The lowest BCUT2D eigenvalue weighted by Gasteiger charge is -2.27. The minimum atomic E-state index is 0.440. The van der Waals surface area contributed by atoms with Crippen LogP contribution >= 0.6 is 22.6 Å². The number of ether oxygens (including phenoxy) is 2. The van der Waals surface area contributed by atoms with E-state index in [1.807, 2.05) is 13.0 Å². The summed E-state index contributed by atoms with van der Waals surface area (Å²) in [6.45, 7) is 4.68. The molecule has 0 saturated carbocycles. The molecule has 3 heterocycles. The number of anilines is 2. The first-order chi connectivity index (χ1) is 12.1. The third kappa shape index (κ3) is 3.98. The van der Waals surface area contributed by atoms with Crippen LogP contribution in [-0.2, 0) is 4.74 Å². The minimum Gasteiger partial charge on any atom is -0.480 e. The number of pyridine rings is 1. The zero-order chi connectivity index (χ0) is 17.8. The molecule has 132 valence electrons. The number of hydrogen-bond donors (Lipinski definition) is 1. The van der Waals surface area contributed by atoms with Crippen LogP contribution in [0.25, 0.3) is 0 Å². The molecule has 1 saturated heterocycles. The van der Waals surface area contributed by atoms with E-state index >= 15 is 0 Å². The molecule has 0 aromatic carbocycles. The Morgan fingerprint density at radius 1 is 1.36 bits per heavy atom. The van der Waals surface area contributed by atoms with Crippen LogP contribution in [0.4, 0.5) is 17.5 Å². The number of aryl methyl sites for hydroxylation is 1. The number of nitrogens with zero attached hydrogens (tertiary/aromatic N) is 5. The van der Waals surface area contributed by atoms with Gasteiger partial charge in [-0.1, -0.05) is 0 Å². The number of hydrogen-bond acceptors (Lipinski definition) is 8. The Morgan fingerprint density at radius 3 is 2.84 bits per heavy atom. The van der Waals surface area contributed by atoms with Crippen LogP contribution in [0.2, 0.25) is 0 Å². The van der Waals surface area contributed by atoms with Crippen LogP contribution in [0.3, 0.4) is 0 Å². The summed E-state index contributed by atoms with van der Waals surface area (Å²) in [6, 6.07) is 1.89. The molecule has 0 aliphatic carbocycles. The van der Waals surface area contributed by atoms with E-state index in [9.17, 15) is 0 Å². The summed E-state index contributed by atoms with van der Waals surface area (Å²) in [5, 5.41) is 0. The summed E-state index contributed by atoms with van der Waals surface area (Å²) in [6.07, 6.45) is 3.37. The van der Waals surface area contributed by atoms with Gasteiger partial charge in [-0.2, -0.15) is 4.98 Å². The number of nitrogen functional groups attached to an aromatic ring is 1. The summed E-state index contributed by atoms with van der Waals surface area (Å²) in [7, 11) is 1.58. The van der Waals surface area contributed by atoms with Gasteiger partial charge in [0.2, 0.25) is 11.8 Å². The number of halogens is 1. The Hall–Kier alpha value is -2.01. The molecule has 25 heavy (non-hydrogen) atoms. The molecule has 2 N–H and O–H groups in total. The van der Waals surface area contributed by atoms with Gasteiger partial charge in [0.15, 0.2) is 5.82 Å². The molecule has 0 spiro atoms. The van der Waals surface area contributed by atoms with E-state index < -0.39 is 0 Å². The first kappa shape index (κ1) is 17.8. The quantitative estimate of drug-likeness (QED) is 0.557. The van der Waals surface area contributed by atoms with Gasteiger partial charge in [-0.15, -0.1) is 0 Å². The zero-order valence-electron chi connectivity index (χ0n) is 14.1. The third-order valence-corrected chi connectivity index (χ3v) is 4.75. The SMILES string of the molecule is COc1nccc(I)c1C=Nc1nc(N2CCOCC2)nc(C)c1N. The number of morpholine rings is 1. The lowest BCUT2D eigenvalue weighted by molar-refractivity contribution is 0.122. The summed E-state index contributed by atoms with van der Waals surface area (Å²) in [5.74, 6) is 1.57. The van der Waals surface area contributed by atoms with Crippen molar-refractivity contribution in [3.05, 3.63) is 27.1 Å². The van der Waals surface area contributed by atoms with Crippen molar-refractivity contribution in [2.45, 2.75) is 6.92 Å². The lowest BCUT2D eigenvalue weighted by atomic mass is 10.3. The van der Waals surface area contributed by atoms with Crippen LogP contribution in [0.1, 0.15) is 11.3 Å². The van der Waals surface area contributed by atoms with E-state index in [1.165, 1.54) is 0 Å². The van der Waals surface area contributed by atoms with Crippen molar-refractivity contribution in [2.24, 2.45) is 4.99 Å². The van der Waals surface area contributed by atoms with E-state index in [0.29, 0.717) is 42.2 Å². The molecule has 0 bridgehead atoms. The fraction of sp³-hybridized carbons (Fsp3) is 0.375. The first-order valence-corrected chi connectivity index (χ1v) is 8.87. The van der Waals surface area contributed by atoms with Gasteiger partial charge >= 0.3 is 0 Å². The highest BCUT2D eigenvalue weighted by molar-refractivity contribution is 14.1. The largest absolute Gasteiger partial charge is 0.480 e. The van der Waals surface area contributed by atoms with Crippen molar-refractivity contribution in [1.29, 1.82) is 0 Å². The van der Waals surface area contributed by atoms with Gasteiger partial charge in [-0.05, 0) is 35.6 Å². The van der Waals surface area contributed by atoms with E-state index in [0.717, 1.165) is 22.2 Å². The van der Waals surface area contributed by atoms with Crippen LogP contribution in [0.5, 0.6) is 5.88 Å². The Labute approximate surface area is 159 Å². The van der Waals surface area contributed by atoms with Crippen molar-refractivity contribution >= 4 is 46.3 Å². The van der Waals surface area contributed by atoms with Gasteiger partial charge in [0.1, 0.15) is 0 Å². The van der Waals surface area contributed by atoms with Crippen LogP contribution < -0.4 is 15.4 Å². The molecule has 0 atom stereocenters. The Balaban J connectivity index is 1.95. The number of aromatic nitrogens is 3. The van der Waals surface area contributed by atoms with Crippen LogP contribution in [-0.4, -0.2) is 54.6 Å². The standard InChI is InChI=1S/C16H19IN6O2/c1-10-13(18)14(22-16(21-10)23-5-7-25-8-6-23)20-9-11-12(17)3-4-19-15(11)24-2/h3-4,9H,5-8,18H2,1-2H3. The smallest absolute Gasteiger partial charge is 0.227 e. The van der Waals surface area contributed by atoms with Gasteiger partial charge in [-0.3, -0.25) is 0 Å². The van der Waals surface area contributed by atoms with Gasteiger partial charge in [0, 0.05) is 29.1 Å². The third-order valence-electron chi connectivity index (χ3n) is 3.81. The highest BCUT2D eigenvalue weighted by atomic mass is 127. The number of methoxy groups -OCH3 is 1. The molecule has 1 aliphatic heterocycles. The molecule has 1 fully saturated rings. The lowest BCUT2D eigenvalue weighted by Crippen LogP contribution is -2.37. The molecule has 2 aromatic heterocycles. The van der Waals surface area contributed by atoms with Crippen LogP contribution in [0, 0.1) is 10.5 Å². The molecule has 2 aromatic rings. The summed E-state index contributed by atoms with van der Waals surface area (Å²) < 4.78 is 11.6. The Kier molecular flexibility index (Phi) is 5.63. The predicted molar refractivity (Wildman–Crippen MR) is 105 cm³/mol. The van der Waals surface area contributed by atoms with Crippen molar-refractivity contribution in [1.82, 2.24) is 15.0 Å². The second kappa shape index (κ2) is 7.91. The highest BCUT2D eigenvalue weighted by Gasteiger charge is 2.17. The number of rotatable bonds is 4. The maximum atomic E-state index is 6.12. The maximum absolute atomic E-state index is 6.12. The average molecular weight is 454 g/mol. The average Bonchev–Trinajstić information content (AvgIpc) is 2.64. The maximum Gasteiger partial charge on any atom is 0.227 e. The van der Waals surface area contributed by atoms with Gasteiger partial charge in [0.05, 0.1) is 37.3 Å². The summed E-state index contributed by atoms with van der Waals surface area (Å²) in [5.41, 5.74) is 8.08. The van der Waals surface area contributed by atoms with Gasteiger partial charge in [-0.25, -0.2) is 15.0 Å². The summed E-state index contributed by atoms with van der Waals surface area (Å²) in [4.78, 5) is 19.8. The summed E-state index contributed by atoms with van der Waals surface area (Å²) >= 11 is 2.21. The van der Waals surface area contributed by atoms with E-state index in [4.69, 9.17) is 15.2 Å². The predicted octanol–water partition coefficient (Wildman–Crippen LogP) is 1.96. The molecular formula is C16H19IN6O2. The minimum absolute atomic E-state index is 0.440. The van der Waals surface area contributed by atoms with Crippen molar-refractivity contribution in [2.75, 3.05) is 44.0 Å². The molecular weight excluding hydrogens is 435 g/mol. The van der Waals surface area contributed by atoms with Crippen molar-refractivity contribution < 1.29 is 9.47 Å². The Bertz CT molecular complexity index is 792. The molecule has 0 amide bonds. The van der Waals surface area contributed by atoms with Crippen molar-refractivity contribution in [3.63, 3.8) is 0 Å². The topological polar surface area (TPSA) is 98.8 Å². The van der Waals surface area contributed by atoms with E-state index in [1.54, 1.807) is 19.5 Å². The zero-order valence-corrected chi connectivity index (χ0v) is 16.2. The molecule has 0 unspecified atom stereocenters. The molecule has 0 radical (unpaired) electrons. The Morgan fingerprint density at radius 2 is 2.12 bits per heavy atom. The van der Waals surface area contributed by atoms with Crippen molar-refractivity contribution in [3.8, 4) is 5.88 Å². The monoisotopic (exact) mass is 454 g/mol. The van der Waals surface area contributed by atoms with Crippen LogP contribution in [0.15, 0.2) is 17.3 Å². The fourth-order valence-corrected chi connectivity index (χ4v) is 2.92. The first-order valence-electron chi connectivity index (χ1n) is 7.79. The normalized spacial score (nSPS) is 14.9. The highest BCUT2D eigenvalue weighted by Crippen LogP contribution is 2.26. The number of nitrogens with two attached hydrogens (primary N) is 1. The van der Waals surface area contributed by atoms with E-state index in [2.05, 4.69) is 47.4 Å². The number of aliphatic imine (C=N–C) groups is 1. The molecule has 3 rings (SSSR count). The molecule has 8 nitrogen and oxygen atoms in total. The van der Waals surface area contributed by atoms with Gasteiger partial charge in [0.25, 0.3) is 0 Å². The fourth-order valence-electron chi connectivity index (χ4n) is 2.39. The molecule has 9 heteroatoms. The second-order valence-corrected chi connectivity index (χ2v) is 6.58.